The molecule has 0 aromatic rings. The summed E-state index contributed by atoms with van der Waals surface area (Å²) in [6, 6.07) is -0.409. The minimum absolute atomic E-state index is 0.325. The molecule has 0 spiro atoms. The van der Waals surface area contributed by atoms with Crippen molar-refractivity contribution in [2.45, 2.75) is 71.3 Å². The van der Waals surface area contributed by atoms with Crippen molar-refractivity contribution < 1.29 is 14.4 Å². The van der Waals surface area contributed by atoms with Crippen LogP contribution >= 0.6 is 0 Å². The Bertz CT molecular complexity index is 377. The molecule has 1 heterocycles. The quantitative estimate of drug-likeness (QED) is 0.487. The summed E-state index contributed by atoms with van der Waals surface area (Å²) < 4.78 is 0.325. The first-order chi connectivity index (χ1) is 9.52. The maximum Gasteiger partial charge on any atom is 0.363 e. The van der Waals surface area contributed by atoms with Gasteiger partial charge in [-0.25, -0.2) is 14.3 Å². The molecule has 2 atom stereocenters. The lowest BCUT2D eigenvalue weighted by Crippen LogP contribution is -2.53. The number of hydrogen-bond donors (Lipinski definition) is 1. The largest absolute Gasteiger partial charge is 0.477 e. The highest BCUT2D eigenvalue weighted by atomic mass is 16.4. The van der Waals surface area contributed by atoms with Gasteiger partial charge in [0.15, 0.2) is 6.04 Å². The van der Waals surface area contributed by atoms with Gasteiger partial charge in [-0.1, -0.05) is 45.4 Å². The Hall–Kier alpha value is -1.16. The third kappa shape index (κ3) is 4.44. The number of carbonyl (C=O) groups is 1. The molecule has 0 bridgehead atoms. The highest BCUT2D eigenvalue weighted by Crippen LogP contribution is 2.23. The van der Waals surface area contributed by atoms with Crippen molar-refractivity contribution >= 4 is 11.8 Å². The summed E-state index contributed by atoms with van der Waals surface area (Å²) in [7, 11) is 1.93. The van der Waals surface area contributed by atoms with Crippen LogP contribution in [-0.4, -0.2) is 34.5 Å². The molecule has 1 aliphatic heterocycles. The van der Waals surface area contributed by atoms with Crippen molar-refractivity contribution in [3.05, 3.63) is 12.4 Å². The van der Waals surface area contributed by atoms with E-state index in [4.69, 9.17) is 0 Å². The molecule has 4 nitrogen and oxygen atoms in total. The Balaban J connectivity index is 2.36. The summed E-state index contributed by atoms with van der Waals surface area (Å²) >= 11 is 0. The zero-order chi connectivity index (χ0) is 15.0. The van der Waals surface area contributed by atoms with Gasteiger partial charge in [0.05, 0.1) is 13.2 Å². The molecule has 0 aromatic heterocycles. The maximum atomic E-state index is 11.5. The molecular formula is C16H29N2O2+. The first kappa shape index (κ1) is 16.9. The highest BCUT2D eigenvalue weighted by molar-refractivity contribution is 5.80. The van der Waals surface area contributed by atoms with Crippen LogP contribution in [0.2, 0.25) is 0 Å². The SMILES string of the molecule is CCCCCCCCCC(C(=O)O)[N+]1(C)C=CN=C1C. The monoisotopic (exact) mass is 281 g/mol. The number of unbranched alkanes of at least 4 members (excludes halogenated alkanes) is 6. The Labute approximate surface area is 122 Å². The molecule has 20 heavy (non-hydrogen) atoms. The van der Waals surface area contributed by atoms with Crippen LogP contribution in [0, 0.1) is 0 Å². The molecule has 2 unspecified atom stereocenters. The number of nitrogens with zero attached hydrogens (tertiary/aromatic N) is 2. The van der Waals surface area contributed by atoms with Gasteiger partial charge in [-0.05, 0) is 6.42 Å². The van der Waals surface area contributed by atoms with E-state index in [0.717, 1.165) is 25.1 Å². The van der Waals surface area contributed by atoms with E-state index in [9.17, 15) is 9.90 Å². The molecular weight excluding hydrogens is 252 g/mol. The van der Waals surface area contributed by atoms with Crippen molar-refractivity contribution in [2.24, 2.45) is 4.99 Å². The van der Waals surface area contributed by atoms with E-state index in [1.54, 1.807) is 6.20 Å². The fraction of sp³-hybridized carbons (Fsp3) is 0.750. The van der Waals surface area contributed by atoms with Gasteiger partial charge in [-0.2, -0.15) is 0 Å². The summed E-state index contributed by atoms with van der Waals surface area (Å²) in [5.41, 5.74) is 0. The highest BCUT2D eigenvalue weighted by Gasteiger charge is 2.41. The Morgan fingerprint density at radius 3 is 2.35 bits per heavy atom. The molecule has 1 N–H and O–H groups in total. The number of quaternary nitrogens is 1. The van der Waals surface area contributed by atoms with E-state index in [1.165, 1.54) is 32.1 Å². The lowest BCUT2D eigenvalue weighted by Gasteiger charge is -2.32. The van der Waals surface area contributed by atoms with Gasteiger partial charge in [0, 0.05) is 13.3 Å². The van der Waals surface area contributed by atoms with Gasteiger partial charge in [0.2, 0.25) is 5.84 Å². The van der Waals surface area contributed by atoms with Gasteiger partial charge in [0.25, 0.3) is 0 Å². The van der Waals surface area contributed by atoms with E-state index < -0.39 is 12.0 Å². The normalized spacial score (nSPS) is 22.9. The van der Waals surface area contributed by atoms with Crippen LogP contribution in [0.15, 0.2) is 17.4 Å². The number of aliphatic imine (C=N–C) groups is 1. The van der Waals surface area contributed by atoms with Gasteiger partial charge < -0.3 is 5.11 Å². The Morgan fingerprint density at radius 2 is 1.85 bits per heavy atom. The lowest BCUT2D eigenvalue weighted by molar-refractivity contribution is -0.784. The van der Waals surface area contributed by atoms with Gasteiger partial charge in [0.1, 0.15) is 6.20 Å². The lowest BCUT2D eigenvalue weighted by atomic mass is 10.0. The summed E-state index contributed by atoms with van der Waals surface area (Å²) in [6.07, 6.45) is 12.8. The van der Waals surface area contributed by atoms with Crippen molar-refractivity contribution in [1.29, 1.82) is 0 Å². The van der Waals surface area contributed by atoms with E-state index in [1.807, 2.05) is 20.2 Å². The van der Waals surface area contributed by atoms with Crippen LogP contribution in [0.1, 0.15) is 65.2 Å². The second-order valence-electron chi connectivity index (χ2n) is 5.89. The number of hydrogen-bond acceptors (Lipinski definition) is 2. The average molecular weight is 281 g/mol. The number of aliphatic carboxylic acids is 1. The zero-order valence-electron chi connectivity index (χ0n) is 13.1. The molecule has 114 valence electrons. The topological polar surface area (TPSA) is 49.7 Å². The van der Waals surface area contributed by atoms with Crippen molar-refractivity contribution in [1.82, 2.24) is 0 Å². The molecule has 0 saturated heterocycles. The standard InChI is InChI=1S/C16H28N2O2/c1-4-5-6-7-8-9-10-11-15(16(19)20)18(3)13-12-17-14(18)2/h12-13,15H,4-11H2,1-3H3/p+1. The molecule has 0 fully saturated rings. The summed E-state index contributed by atoms with van der Waals surface area (Å²) in [5, 5.41) is 9.48. The number of amidine groups is 1. The first-order valence-corrected chi connectivity index (χ1v) is 7.83. The van der Waals surface area contributed by atoms with Crippen molar-refractivity contribution in [3.8, 4) is 0 Å². The number of carboxylic acid groups (broad SMARTS) is 1. The number of rotatable bonds is 10. The predicted molar refractivity (Wildman–Crippen MR) is 82.5 cm³/mol. The van der Waals surface area contributed by atoms with Gasteiger partial charge in [-0.15, -0.1) is 0 Å². The van der Waals surface area contributed by atoms with E-state index in [0.29, 0.717) is 4.48 Å². The summed E-state index contributed by atoms with van der Waals surface area (Å²) in [4.78, 5) is 15.8. The van der Waals surface area contributed by atoms with Crippen LogP contribution in [0.5, 0.6) is 0 Å². The molecule has 0 aliphatic carbocycles. The van der Waals surface area contributed by atoms with Crippen LogP contribution in [0.25, 0.3) is 0 Å². The van der Waals surface area contributed by atoms with E-state index >= 15 is 0 Å². The molecule has 0 radical (unpaired) electrons. The third-order valence-corrected chi connectivity index (χ3v) is 4.35. The van der Waals surface area contributed by atoms with Crippen LogP contribution in [0.4, 0.5) is 0 Å². The Kier molecular flexibility index (Phi) is 6.93. The minimum atomic E-state index is -0.723. The zero-order valence-corrected chi connectivity index (χ0v) is 13.1. The van der Waals surface area contributed by atoms with E-state index in [-0.39, 0.29) is 0 Å². The summed E-state index contributed by atoms with van der Waals surface area (Å²) in [6.45, 7) is 4.12. The molecule has 0 saturated carbocycles. The fourth-order valence-electron chi connectivity index (χ4n) is 2.76. The molecule has 4 heteroatoms. The van der Waals surface area contributed by atoms with Crippen LogP contribution in [-0.2, 0) is 4.79 Å². The summed E-state index contributed by atoms with van der Waals surface area (Å²) in [5.74, 6) is 0.139. The number of likely N-dealkylation sites (N-methyl/N-ethyl adjacent to an activating group) is 1. The fourth-order valence-corrected chi connectivity index (χ4v) is 2.76. The Morgan fingerprint density at radius 1 is 1.25 bits per heavy atom. The first-order valence-electron chi connectivity index (χ1n) is 7.83. The average Bonchev–Trinajstić information content (AvgIpc) is 2.73. The third-order valence-electron chi connectivity index (χ3n) is 4.35. The van der Waals surface area contributed by atoms with Crippen LogP contribution < -0.4 is 0 Å². The molecule has 1 rings (SSSR count). The second kappa shape index (κ2) is 8.20. The molecule has 1 aliphatic rings. The maximum absolute atomic E-state index is 11.5. The van der Waals surface area contributed by atoms with Gasteiger partial charge >= 0.3 is 5.97 Å². The smallest absolute Gasteiger partial charge is 0.363 e. The second-order valence-corrected chi connectivity index (χ2v) is 5.89. The van der Waals surface area contributed by atoms with Crippen molar-refractivity contribution in [3.63, 3.8) is 0 Å². The van der Waals surface area contributed by atoms with Crippen molar-refractivity contribution in [2.75, 3.05) is 7.05 Å². The van der Waals surface area contributed by atoms with Gasteiger partial charge in [-0.3, -0.25) is 0 Å². The molecule has 0 aromatic carbocycles. The predicted octanol–water partition coefficient (Wildman–Crippen LogP) is 3.93. The van der Waals surface area contributed by atoms with E-state index in [2.05, 4.69) is 11.9 Å². The minimum Gasteiger partial charge on any atom is -0.477 e. The number of carboxylic acids is 1. The van der Waals surface area contributed by atoms with Crippen LogP contribution in [0.3, 0.4) is 0 Å². The molecule has 0 amide bonds.